The Morgan fingerprint density at radius 2 is 1.87 bits per heavy atom. The van der Waals surface area contributed by atoms with E-state index >= 15 is 0 Å². The van der Waals surface area contributed by atoms with Gasteiger partial charge in [0.25, 0.3) is 0 Å². The van der Waals surface area contributed by atoms with E-state index < -0.39 is 60.4 Å². The highest BCUT2D eigenvalue weighted by molar-refractivity contribution is 5.94. The van der Waals surface area contributed by atoms with Crippen molar-refractivity contribution in [2.45, 2.75) is 116 Å². The first kappa shape index (κ1) is 40.4. The smallest absolute Gasteiger partial charge is 0.345 e. The van der Waals surface area contributed by atoms with Crippen LogP contribution in [0.15, 0.2) is 51.6 Å². The van der Waals surface area contributed by atoms with Gasteiger partial charge in [0.15, 0.2) is 18.3 Å². The minimum Gasteiger partial charge on any atom is -0.467 e. The molecule has 7 atom stereocenters. The summed E-state index contributed by atoms with van der Waals surface area (Å²) in [7, 11) is 1.70. The molecule has 2 saturated heterocycles. The molecule has 1 aromatic heterocycles. The predicted octanol–water partition coefficient (Wildman–Crippen LogP) is 4.30. The number of methoxy groups -OCH3 is 1. The van der Waals surface area contributed by atoms with Crippen LogP contribution in [0.1, 0.15) is 85.0 Å². The van der Waals surface area contributed by atoms with E-state index in [0.29, 0.717) is 49.1 Å². The van der Waals surface area contributed by atoms with Crippen molar-refractivity contribution in [1.82, 2.24) is 4.98 Å². The molecule has 0 aromatic carbocycles. The van der Waals surface area contributed by atoms with Crippen LogP contribution in [0, 0.1) is 17.8 Å². The van der Waals surface area contributed by atoms with Gasteiger partial charge in [-0.2, -0.15) is 0 Å². The Morgan fingerprint density at radius 3 is 2.57 bits per heavy atom. The van der Waals surface area contributed by atoms with Crippen LogP contribution in [0.25, 0.3) is 0 Å². The van der Waals surface area contributed by atoms with Gasteiger partial charge in [0.1, 0.15) is 18.3 Å². The first-order valence-electron chi connectivity index (χ1n) is 18.7. The molecule has 6 unspecified atom stereocenters. The summed E-state index contributed by atoms with van der Waals surface area (Å²) in [6, 6.07) is 3.24. The number of esters is 3. The van der Waals surface area contributed by atoms with Gasteiger partial charge in [0.05, 0.1) is 31.7 Å². The van der Waals surface area contributed by atoms with E-state index in [0.717, 1.165) is 36.1 Å². The molecule has 13 heteroatoms. The number of nitrogens with one attached hydrogen (secondary N) is 1. The van der Waals surface area contributed by atoms with Gasteiger partial charge in [-0.3, -0.25) is 9.59 Å². The maximum Gasteiger partial charge on any atom is 0.345 e. The maximum atomic E-state index is 13.7. The highest BCUT2D eigenvalue weighted by Gasteiger charge is 2.59. The molecule has 4 aliphatic heterocycles. The molecule has 4 bridgehead atoms. The number of carbonyl (C=O) groups is 3. The second-order valence-corrected chi connectivity index (χ2v) is 15.5. The van der Waals surface area contributed by atoms with Gasteiger partial charge in [-0.1, -0.05) is 39.3 Å². The van der Waals surface area contributed by atoms with Crippen molar-refractivity contribution in [2.24, 2.45) is 22.7 Å². The molecule has 5 rings (SSSR count). The zero-order valence-electron chi connectivity index (χ0n) is 32.0. The fourth-order valence-corrected chi connectivity index (χ4v) is 7.31. The van der Waals surface area contributed by atoms with Crippen LogP contribution in [-0.4, -0.2) is 109 Å². The Bertz CT molecular complexity index is 1620. The molecule has 13 nitrogen and oxygen atoms in total. The number of fused-ring (bicyclic) bond motifs is 6. The molecule has 1 aromatic rings. The number of aliphatic hydroxyl groups is 2. The number of ether oxygens (including phenoxy) is 6. The largest absolute Gasteiger partial charge is 0.467 e. The lowest BCUT2D eigenvalue weighted by atomic mass is 9.91. The zero-order chi connectivity index (χ0) is 38.4. The minimum absolute atomic E-state index is 0.0247. The molecule has 4 aliphatic rings. The average Bonchev–Trinajstić information content (AvgIpc) is 3.89. The Kier molecular flexibility index (Phi) is 13.4. The standard InChI is InChI=1S/C40H56N2O11/c1-22(2)15-26-17-34(44)52-36-35(53-39(46)40(36,47)21-43)25(6)10-11-27-12-13-30(41-27)37-42-31(33(51-37)20-50-38(26)45)18-28-29(24(5)9-8-14-48-7)19-49-32(28)16-23(3)4/h10,12-13,18,22-23,26,31-33,35-36,41,43,47H,8-9,11,14-17,19-21H2,1-7H3/b25-10-,28-18-,29-24+/t26-,31?,32?,33?,35?,36?,40?/m0/s1. The quantitative estimate of drug-likeness (QED) is 0.135. The lowest BCUT2D eigenvalue weighted by Crippen LogP contribution is -2.52. The summed E-state index contributed by atoms with van der Waals surface area (Å²) < 4.78 is 35.1. The Morgan fingerprint density at radius 1 is 1.11 bits per heavy atom. The van der Waals surface area contributed by atoms with Gasteiger partial charge >= 0.3 is 17.9 Å². The summed E-state index contributed by atoms with van der Waals surface area (Å²) in [5.41, 5.74) is 2.95. The summed E-state index contributed by atoms with van der Waals surface area (Å²) in [5.74, 6) is -2.63. The SMILES string of the molecule is COCCC/C(C)=C1\COC(CC(C)C)\C1=C/C1N=C2OC1COC(=O)[C@@H](CC(C)C)CC(=O)OC1C(OC(=O)C1(O)CO)/C(C)=C\Cc1ccc2[nH]1. The van der Waals surface area contributed by atoms with Crippen molar-refractivity contribution in [3.8, 4) is 0 Å². The van der Waals surface area contributed by atoms with Crippen molar-refractivity contribution < 1.29 is 53.0 Å². The number of aliphatic imine (C=N–C) groups is 1. The number of aromatic amines is 1. The molecule has 0 saturated carbocycles. The number of hydrogen-bond donors (Lipinski definition) is 3. The molecule has 3 N–H and O–H groups in total. The van der Waals surface area contributed by atoms with Crippen LogP contribution in [0.2, 0.25) is 0 Å². The molecule has 292 valence electrons. The topological polar surface area (TPSA) is 175 Å². The maximum absolute atomic E-state index is 13.7. The molecule has 0 amide bonds. The van der Waals surface area contributed by atoms with E-state index in [9.17, 15) is 24.6 Å². The monoisotopic (exact) mass is 740 g/mol. The number of rotatable bonds is 10. The fraction of sp³-hybridized carbons (Fsp3) is 0.650. The van der Waals surface area contributed by atoms with Crippen LogP contribution in [0.5, 0.6) is 0 Å². The lowest BCUT2D eigenvalue weighted by molar-refractivity contribution is -0.173. The zero-order valence-corrected chi connectivity index (χ0v) is 32.0. The van der Waals surface area contributed by atoms with E-state index in [2.05, 4.69) is 31.8 Å². The normalized spacial score (nSPS) is 32.4. The van der Waals surface area contributed by atoms with Gasteiger partial charge in [0, 0.05) is 25.8 Å². The molecular weight excluding hydrogens is 684 g/mol. The summed E-state index contributed by atoms with van der Waals surface area (Å²) >= 11 is 0. The molecule has 2 fully saturated rings. The van der Waals surface area contributed by atoms with Crippen molar-refractivity contribution in [3.05, 3.63) is 58.0 Å². The van der Waals surface area contributed by atoms with Crippen molar-refractivity contribution in [3.63, 3.8) is 0 Å². The number of nitrogens with zero attached hydrogens (tertiary/aromatic N) is 1. The van der Waals surface area contributed by atoms with Crippen LogP contribution < -0.4 is 0 Å². The number of aliphatic hydroxyl groups excluding tert-OH is 1. The van der Waals surface area contributed by atoms with E-state index in [1.54, 1.807) is 20.1 Å². The summed E-state index contributed by atoms with van der Waals surface area (Å²) in [5, 5.41) is 21.1. The second kappa shape index (κ2) is 17.6. The number of hydrogen-bond acceptors (Lipinski definition) is 12. The van der Waals surface area contributed by atoms with E-state index in [4.69, 9.17) is 33.4 Å². The van der Waals surface area contributed by atoms with Gasteiger partial charge in [-0.25, -0.2) is 9.79 Å². The van der Waals surface area contributed by atoms with E-state index in [1.807, 2.05) is 26.0 Å². The minimum atomic E-state index is -2.46. The van der Waals surface area contributed by atoms with E-state index in [-0.39, 0.29) is 25.0 Å². The molecule has 0 radical (unpaired) electrons. The van der Waals surface area contributed by atoms with Crippen molar-refractivity contribution in [2.75, 3.05) is 33.5 Å². The fourth-order valence-electron chi connectivity index (χ4n) is 7.31. The van der Waals surface area contributed by atoms with Gasteiger partial charge in [-0.05, 0) is 86.3 Å². The highest BCUT2D eigenvalue weighted by atomic mass is 16.6. The number of cyclic esters (lactones) is 1. The number of allylic oxidation sites excluding steroid dienone is 2. The Balaban J connectivity index is 1.52. The first-order chi connectivity index (χ1) is 25.2. The predicted molar refractivity (Wildman–Crippen MR) is 195 cm³/mol. The van der Waals surface area contributed by atoms with Gasteiger partial charge in [-0.15, -0.1) is 0 Å². The average molecular weight is 741 g/mol. The van der Waals surface area contributed by atoms with Crippen LogP contribution in [-0.2, 0) is 49.2 Å². The summed E-state index contributed by atoms with van der Waals surface area (Å²) in [4.78, 5) is 48.2. The number of carbonyl (C=O) groups excluding carboxylic acids is 3. The van der Waals surface area contributed by atoms with Crippen molar-refractivity contribution in [1.29, 1.82) is 0 Å². The second-order valence-electron chi connectivity index (χ2n) is 15.5. The molecule has 0 spiro atoms. The number of H-pyrrole nitrogens is 1. The van der Waals surface area contributed by atoms with Crippen molar-refractivity contribution >= 4 is 23.8 Å². The Labute approximate surface area is 311 Å². The van der Waals surface area contributed by atoms with Crippen LogP contribution >= 0.6 is 0 Å². The summed E-state index contributed by atoms with van der Waals surface area (Å²) in [6.07, 6.45) is 3.39. The number of aromatic nitrogens is 1. The third-order valence-corrected chi connectivity index (χ3v) is 10.3. The third kappa shape index (κ3) is 9.48. The van der Waals surface area contributed by atoms with Gasteiger partial charge < -0.3 is 43.6 Å². The molecular formula is C40H56N2O11. The first-order valence-corrected chi connectivity index (χ1v) is 18.7. The molecule has 0 aliphatic carbocycles. The van der Waals surface area contributed by atoms with Crippen LogP contribution in [0.4, 0.5) is 0 Å². The van der Waals surface area contributed by atoms with Crippen LogP contribution in [0.3, 0.4) is 0 Å². The Hall–Kier alpha value is -3.78. The lowest BCUT2D eigenvalue weighted by Gasteiger charge is -2.27. The third-order valence-electron chi connectivity index (χ3n) is 10.3. The molecule has 53 heavy (non-hydrogen) atoms. The summed E-state index contributed by atoms with van der Waals surface area (Å²) in [6.45, 7) is 12.0. The highest BCUT2D eigenvalue weighted by Crippen LogP contribution is 2.36. The molecule has 5 heterocycles. The van der Waals surface area contributed by atoms with Gasteiger partial charge in [0.2, 0.25) is 11.5 Å². The van der Waals surface area contributed by atoms with E-state index in [1.165, 1.54) is 5.57 Å².